The average molecular weight is 239 g/mol. The largest absolute Gasteiger partial charge is 0.452 e. The van der Waals surface area contributed by atoms with E-state index in [1.807, 2.05) is 6.92 Å². The maximum atomic E-state index is 11.1. The Kier molecular flexibility index (Phi) is 6.21. The lowest BCUT2D eigenvalue weighted by Crippen LogP contribution is -2.41. The summed E-state index contributed by atoms with van der Waals surface area (Å²) in [5.41, 5.74) is 5.58. The Labute approximate surface area is 89.5 Å². The maximum absolute atomic E-state index is 11.1. The van der Waals surface area contributed by atoms with Crippen molar-refractivity contribution in [2.45, 2.75) is 25.8 Å². The third-order valence-corrected chi connectivity index (χ3v) is 2.75. The van der Waals surface area contributed by atoms with Gasteiger partial charge >= 0.3 is 16.3 Å². The van der Waals surface area contributed by atoms with Gasteiger partial charge < -0.3 is 10.5 Å². The van der Waals surface area contributed by atoms with Crippen molar-refractivity contribution < 1.29 is 17.9 Å². The first-order valence-corrected chi connectivity index (χ1v) is 6.00. The molecule has 0 aliphatic rings. The van der Waals surface area contributed by atoms with Crippen LogP contribution in [0.25, 0.3) is 0 Å². The van der Waals surface area contributed by atoms with Crippen LogP contribution >= 0.6 is 0 Å². The molecule has 1 atom stereocenters. The zero-order chi connectivity index (χ0) is 11.9. The van der Waals surface area contributed by atoms with E-state index in [9.17, 15) is 13.2 Å². The summed E-state index contributed by atoms with van der Waals surface area (Å²) < 4.78 is 30.2. The number of methoxy groups -OCH3 is 1. The number of hydrogen-bond acceptors (Lipinski definition) is 5. The van der Waals surface area contributed by atoms with E-state index in [2.05, 4.69) is 9.46 Å². The summed E-state index contributed by atoms with van der Waals surface area (Å²) in [7, 11) is -2.75. The van der Waals surface area contributed by atoms with Crippen LogP contribution in [0.1, 0.15) is 19.8 Å². The number of carbonyl (C=O) groups excluding carboxylic acids is 1. The zero-order valence-corrected chi connectivity index (χ0v) is 9.63. The van der Waals surface area contributed by atoms with E-state index < -0.39 is 16.3 Å². The quantitative estimate of drug-likeness (QED) is 0.568. The van der Waals surface area contributed by atoms with Crippen molar-refractivity contribution in [3.05, 3.63) is 0 Å². The molecule has 0 radical (unpaired) electrons. The molecule has 0 aromatic carbocycles. The molecule has 1 unspecified atom stereocenters. The first-order valence-electron chi connectivity index (χ1n) is 4.52. The fraction of sp³-hybridized carbons (Fsp3) is 0.857. The van der Waals surface area contributed by atoms with Gasteiger partial charge in [-0.1, -0.05) is 6.92 Å². The van der Waals surface area contributed by atoms with Gasteiger partial charge in [-0.25, -0.2) is 9.52 Å². The Hall–Kier alpha value is -0.860. The lowest BCUT2D eigenvalue weighted by molar-refractivity contribution is 0.177. The number of ether oxygens (including phenoxy) is 1. The summed E-state index contributed by atoms with van der Waals surface area (Å²) in [5, 5.41) is 0. The molecule has 0 aromatic heterocycles. The summed E-state index contributed by atoms with van der Waals surface area (Å²) in [6.45, 7) is 2.09. The van der Waals surface area contributed by atoms with Crippen molar-refractivity contribution in [1.82, 2.24) is 9.44 Å². The van der Waals surface area contributed by atoms with Crippen LogP contribution in [-0.4, -0.2) is 34.2 Å². The second-order valence-electron chi connectivity index (χ2n) is 2.95. The van der Waals surface area contributed by atoms with Gasteiger partial charge in [0.15, 0.2) is 0 Å². The summed E-state index contributed by atoms with van der Waals surface area (Å²) in [4.78, 5) is 10.6. The molecule has 0 aliphatic carbocycles. The number of nitrogens with one attached hydrogen (secondary N) is 2. The monoisotopic (exact) mass is 239 g/mol. The van der Waals surface area contributed by atoms with Crippen molar-refractivity contribution >= 4 is 16.3 Å². The van der Waals surface area contributed by atoms with Gasteiger partial charge in [0.1, 0.15) is 0 Å². The van der Waals surface area contributed by atoms with E-state index >= 15 is 0 Å². The van der Waals surface area contributed by atoms with E-state index in [4.69, 9.17) is 5.73 Å². The predicted octanol–water partition coefficient (Wildman–Crippen LogP) is -0.696. The van der Waals surface area contributed by atoms with Crippen LogP contribution < -0.4 is 15.2 Å². The molecule has 0 fully saturated rings. The van der Waals surface area contributed by atoms with Crippen LogP contribution in [-0.2, 0) is 14.9 Å². The molecule has 0 spiro atoms. The number of hydrogen-bond donors (Lipinski definition) is 3. The first-order chi connectivity index (χ1) is 6.91. The highest BCUT2D eigenvalue weighted by atomic mass is 32.2. The molecule has 0 saturated heterocycles. The van der Waals surface area contributed by atoms with E-state index in [-0.39, 0.29) is 12.6 Å². The van der Waals surface area contributed by atoms with Crippen LogP contribution in [0.4, 0.5) is 4.79 Å². The molecule has 7 nitrogen and oxygen atoms in total. The molecule has 0 bridgehead atoms. The van der Waals surface area contributed by atoms with Gasteiger partial charge in [0.05, 0.1) is 7.11 Å². The fourth-order valence-electron chi connectivity index (χ4n) is 0.770. The standard InChI is InChI=1S/C7H17N3O4S/c1-3-6(8)4-5-9-15(12,13)10-7(11)14-2/h6,9H,3-5,8H2,1-2H3,(H,10,11). The summed E-state index contributed by atoms with van der Waals surface area (Å²) in [6.07, 6.45) is 0.257. The van der Waals surface area contributed by atoms with Crippen LogP contribution in [0.3, 0.4) is 0 Å². The minimum Gasteiger partial charge on any atom is -0.452 e. The molecular weight excluding hydrogens is 222 g/mol. The van der Waals surface area contributed by atoms with Gasteiger partial charge in [-0.2, -0.15) is 13.1 Å². The van der Waals surface area contributed by atoms with Gasteiger partial charge in [0.2, 0.25) is 0 Å². The Bertz CT molecular complexity index is 291. The molecule has 0 aliphatic heterocycles. The van der Waals surface area contributed by atoms with Gasteiger partial charge in [0, 0.05) is 12.6 Å². The van der Waals surface area contributed by atoms with Gasteiger partial charge in [-0.3, -0.25) is 0 Å². The summed E-state index contributed by atoms with van der Waals surface area (Å²) >= 11 is 0. The Morgan fingerprint density at radius 2 is 2.13 bits per heavy atom. The number of carbonyl (C=O) groups is 1. The van der Waals surface area contributed by atoms with Gasteiger partial charge in [0.25, 0.3) is 0 Å². The second-order valence-corrected chi connectivity index (χ2v) is 4.45. The Morgan fingerprint density at radius 1 is 1.53 bits per heavy atom. The van der Waals surface area contributed by atoms with E-state index in [1.165, 1.54) is 0 Å². The molecule has 90 valence electrons. The van der Waals surface area contributed by atoms with Crippen LogP contribution in [0.5, 0.6) is 0 Å². The van der Waals surface area contributed by atoms with Crippen molar-refractivity contribution in [2.75, 3.05) is 13.7 Å². The first kappa shape index (κ1) is 14.1. The Morgan fingerprint density at radius 3 is 2.60 bits per heavy atom. The lowest BCUT2D eigenvalue weighted by atomic mass is 10.2. The molecule has 15 heavy (non-hydrogen) atoms. The SMILES string of the molecule is CCC(N)CCNS(=O)(=O)NC(=O)OC. The maximum Gasteiger partial charge on any atom is 0.421 e. The van der Waals surface area contributed by atoms with Crippen LogP contribution in [0.2, 0.25) is 0 Å². The summed E-state index contributed by atoms with van der Waals surface area (Å²) in [6, 6.07) is -0.0502. The highest BCUT2D eigenvalue weighted by Gasteiger charge is 2.13. The molecule has 8 heteroatoms. The highest BCUT2D eigenvalue weighted by molar-refractivity contribution is 7.88. The van der Waals surface area contributed by atoms with E-state index in [1.54, 1.807) is 4.72 Å². The molecule has 0 heterocycles. The van der Waals surface area contributed by atoms with Crippen LogP contribution in [0, 0.1) is 0 Å². The van der Waals surface area contributed by atoms with Crippen molar-refractivity contribution in [3.8, 4) is 0 Å². The molecule has 4 N–H and O–H groups in total. The normalized spacial score (nSPS) is 13.3. The smallest absolute Gasteiger partial charge is 0.421 e. The third-order valence-electron chi connectivity index (χ3n) is 1.73. The van der Waals surface area contributed by atoms with Crippen LogP contribution in [0.15, 0.2) is 0 Å². The Balaban J connectivity index is 3.90. The zero-order valence-electron chi connectivity index (χ0n) is 8.82. The second kappa shape index (κ2) is 6.59. The average Bonchev–Trinajstić information content (AvgIpc) is 2.16. The molecule has 0 saturated carbocycles. The van der Waals surface area contributed by atoms with Crippen molar-refractivity contribution in [2.24, 2.45) is 5.73 Å². The topological polar surface area (TPSA) is 111 Å². The highest BCUT2D eigenvalue weighted by Crippen LogP contribution is 1.91. The number of amides is 1. The van der Waals surface area contributed by atoms with Crippen molar-refractivity contribution in [1.29, 1.82) is 0 Å². The van der Waals surface area contributed by atoms with E-state index in [0.29, 0.717) is 6.42 Å². The van der Waals surface area contributed by atoms with Gasteiger partial charge in [-0.05, 0) is 12.8 Å². The molecular formula is C7H17N3O4S. The minimum absolute atomic E-state index is 0.0502. The summed E-state index contributed by atoms with van der Waals surface area (Å²) in [5.74, 6) is 0. The molecule has 0 aromatic rings. The predicted molar refractivity (Wildman–Crippen MR) is 55.3 cm³/mol. The fourth-order valence-corrected chi connectivity index (χ4v) is 1.53. The number of nitrogens with two attached hydrogens (primary N) is 1. The third kappa shape index (κ3) is 7.11. The lowest BCUT2D eigenvalue weighted by Gasteiger charge is -2.10. The van der Waals surface area contributed by atoms with E-state index in [0.717, 1.165) is 13.5 Å². The molecule has 1 amide bonds. The van der Waals surface area contributed by atoms with Crippen molar-refractivity contribution in [3.63, 3.8) is 0 Å². The minimum atomic E-state index is -3.83. The molecule has 0 rings (SSSR count). The van der Waals surface area contributed by atoms with Gasteiger partial charge in [-0.15, -0.1) is 0 Å². The number of rotatable bonds is 6.